The molecule has 0 aliphatic carbocycles. The molecule has 0 saturated heterocycles. The summed E-state index contributed by atoms with van der Waals surface area (Å²) in [5.41, 5.74) is 0.877. The molecule has 122 valence electrons. The van der Waals surface area contributed by atoms with Crippen LogP contribution in [0.4, 0.5) is 5.69 Å². The van der Waals surface area contributed by atoms with Crippen LogP contribution in [0.1, 0.15) is 28.1 Å². The number of nitrogens with zero attached hydrogens (tertiary/aromatic N) is 1. The van der Waals surface area contributed by atoms with Crippen LogP contribution in [-0.4, -0.2) is 24.0 Å². The Morgan fingerprint density at radius 2 is 2.22 bits per heavy atom. The number of hydrogen-bond donors (Lipinski definition) is 1. The summed E-state index contributed by atoms with van der Waals surface area (Å²) in [5, 5.41) is 13.5. The highest BCUT2D eigenvalue weighted by molar-refractivity contribution is 5.94. The Morgan fingerprint density at radius 1 is 1.39 bits per heavy atom. The molecule has 1 amide bonds. The summed E-state index contributed by atoms with van der Waals surface area (Å²) in [6.45, 7) is 2.98. The maximum atomic E-state index is 12.0. The Morgan fingerprint density at radius 3 is 2.87 bits per heavy atom. The molecule has 0 spiro atoms. The third-order valence-corrected chi connectivity index (χ3v) is 3.23. The van der Waals surface area contributed by atoms with Crippen molar-refractivity contribution in [1.82, 2.24) is 5.32 Å². The summed E-state index contributed by atoms with van der Waals surface area (Å²) in [4.78, 5) is 22.2. The van der Waals surface area contributed by atoms with E-state index in [1.807, 2.05) is 6.07 Å². The lowest BCUT2D eigenvalue weighted by Gasteiger charge is -2.06. The topological polar surface area (TPSA) is 94.6 Å². The molecule has 1 aromatic carbocycles. The Bertz CT molecular complexity index is 667. The number of ether oxygens (including phenoxy) is 1. The van der Waals surface area contributed by atoms with Crippen molar-refractivity contribution >= 4 is 11.6 Å². The van der Waals surface area contributed by atoms with E-state index in [9.17, 15) is 14.9 Å². The van der Waals surface area contributed by atoms with Crippen LogP contribution in [0.15, 0.2) is 41.0 Å². The Balaban J connectivity index is 1.70. The van der Waals surface area contributed by atoms with Gasteiger partial charge in [-0.2, -0.15) is 0 Å². The van der Waals surface area contributed by atoms with Gasteiger partial charge in [-0.3, -0.25) is 14.9 Å². The van der Waals surface area contributed by atoms with Crippen molar-refractivity contribution in [3.63, 3.8) is 0 Å². The number of benzene rings is 1. The maximum Gasteiger partial charge on any atom is 0.272 e. The molecule has 0 aliphatic heterocycles. The molecule has 1 N–H and O–H groups in total. The second-order valence-corrected chi connectivity index (χ2v) is 5.00. The van der Waals surface area contributed by atoms with Crippen LogP contribution in [0, 0.1) is 17.0 Å². The van der Waals surface area contributed by atoms with Gasteiger partial charge in [-0.1, -0.05) is 0 Å². The lowest BCUT2D eigenvalue weighted by Crippen LogP contribution is -2.25. The van der Waals surface area contributed by atoms with Gasteiger partial charge in [0, 0.05) is 30.3 Å². The summed E-state index contributed by atoms with van der Waals surface area (Å²) in [6.07, 6.45) is 2.25. The van der Waals surface area contributed by atoms with E-state index in [0.717, 1.165) is 5.76 Å². The zero-order chi connectivity index (χ0) is 16.7. The first-order valence-corrected chi connectivity index (χ1v) is 7.21. The molecule has 1 heterocycles. The van der Waals surface area contributed by atoms with E-state index in [1.165, 1.54) is 18.2 Å². The molecule has 1 aromatic heterocycles. The standard InChI is InChI=1S/C16H18N2O5/c1-12-10-13(5-6-15(12)18(20)21)16(19)17-7-3-8-22-11-14-4-2-9-23-14/h2,4-6,9-10H,3,7-8,11H2,1H3,(H,17,19). The molecule has 2 rings (SSSR count). The number of nitro benzene ring substituents is 1. The Kier molecular flexibility index (Phi) is 5.87. The molecule has 2 aromatic rings. The van der Waals surface area contributed by atoms with Gasteiger partial charge in [0.25, 0.3) is 11.6 Å². The molecule has 0 bridgehead atoms. The number of hydrogen-bond acceptors (Lipinski definition) is 5. The number of amides is 1. The van der Waals surface area contributed by atoms with Crippen molar-refractivity contribution in [3.8, 4) is 0 Å². The maximum absolute atomic E-state index is 12.0. The summed E-state index contributed by atoms with van der Waals surface area (Å²) >= 11 is 0. The number of nitrogens with one attached hydrogen (secondary N) is 1. The van der Waals surface area contributed by atoms with Gasteiger partial charge in [-0.15, -0.1) is 0 Å². The smallest absolute Gasteiger partial charge is 0.272 e. The monoisotopic (exact) mass is 318 g/mol. The number of rotatable bonds is 8. The van der Waals surface area contributed by atoms with E-state index >= 15 is 0 Å². The van der Waals surface area contributed by atoms with Crippen molar-refractivity contribution in [2.24, 2.45) is 0 Å². The number of carbonyl (C=O) groups excluding carboxylic acids is 1. The first kappa shape index (κ1) is 16.7. The first-order valence-electron chi connectivity index (χ1n) is 7.21. The lowest BCUT2D eigenvalue weighted by atomic mass is 10.1. The molecular formula is C16H18N2O5. The van der Waals surface area contributed by atoms with E-state index < -0.39 is 4.92 Å². The minimum absolute atomic E-state index is 0.00729. The molecule has 0 aliphatic rings. The van der Waals surface area contributed by atoms with Crippen LogP contribution in [0.25, 0.3) is 0 Å². The quantitative estimate of drug-likeness (QED) is 0.459. The number of nitro groups is 1. The minimum Gasteiger partial charge on any atom is -0.467 e. The van der Waals surface area contributed by atoms with Crippen molar-refractivity contribution < 1.29 is 18.9 Å². The van der Waals surface area contributed by atoms with E-state index in [1.54, 1.807) is 19.3 Å². The van der Waals surface area contributed by atoms with Crippen LogP contribution >= 0.6 is 0 Å². The van der Waals surface area contributed by atoms with Crippen LogP contribution < -0.4 is 5.32 Å². The zero-order valence-electron chi connectivity index (χ0n) is 12.8. The van der Waals surface area contributed by atoms with Crippen molar-refractivity contribution in [3.05, 3.63) is 63.6 Å². The molecule has 7 nitrogen and oxygen atoms in total. The molecule has 0 atom stereocenters. The zero-order valence-corrected chi connectivity index (χ0v) is 12.8. The fourth-order valence-electron chi connectivity index (χ4n) is 2.05. The Labute approximate surface area is 133 Å². The normalized spacial score (nSPS) is 10.5. The van der Waals surface area contributed by atoms with Gasteiger partial charge in [-0.05, 0) is 37.6 Å². The number of aryl methyl sites for hydroxylation is 1. The molecule has 0 saturated carbocycles. The summed E-state index contributed by atoms with van der Waals surface area (Å²) in [7, 11) is 0. The molecule has 23 heavy (non-hydrogen) atoms. The van der Waals surface area contributed by atoms with Gasteiger partial charge < -0.3 is 14.5 Å². The second-order valence-electron chi connectivity index (χ2n) is 5.00. The second kappa shape index (κ2) is 8.09. The molecule has 0 radical (unpaired) electrons. The number of furan rings is 1. The van der Waals surface area contributed by atoms with Gasteiger partial charge in [0.1, 0.15) is 12.4 Å². The summed E-state index contributed by atoms with van der Waals surface area (Å²) in [6, 6.07) is 7.94. The van der Waals surface area contributed by atoms with E-state index in [-0.39, 0.29) is 11.6 Å². The molecular weight excluding hydrogens is 300 g/mol. The van der Waals surface area contributed by atoms with Gasteiger partial charge >= 0.3 is 0 Å². The largest absolute Gasteiger partial charge is 0.467 e. The van der Waals surface area contributed by atoms with Crippen molar-refractivity contribution in [1.29, 1.82) is 0 Å². The third-order valence-electron chi connectivity index (χ3n) is 3.23. The van der Waals surface area contributed by atoms with Crippen LogP contribution in [0.2, 0.25) is 0 Å². The average Bonchev–Trinajstić information content (AvgIpc) is 3.03. The SMILES string of the molecule is Cc1cc(C(=O)NCCCOCc2ccco2)ccc1[N+](=O)[O-]. The van der Waals surface area contributed by atoms with Crippen LogP contribution in [0.3, 0.4) is 0 Å². The number of carbonyl (C=O) groups is 1. The predicted octanol–water partition coefficient (Wildman–Crippen LogP) is 2.83. The van der Waals surface area contributed by atoms with E-state index in [2.05, 4.69) is 5.32 Å². The van der Waals surface area contributed by atoms with Crippen molar-refractivity contribution in [2.45, 2.75) is 20.0 Å². The highest BCUT2D eigenvalue weighted by Crippen LogP contribution is 2.18. The highest BCUT2D eigenvalue weighted by atomic mass is 16.6. The molecule has 0 fully saturated rings. The fraction of sp³-hybridized carbons (Fsp3) is 0.312. The lowest BCUT2D eigenvalue weighted by molar-refractivity contribution is -0.385. The van der Waals surface area contributed by atoms with Crippen molar-refractivity contribution in [2.75, 3.05) is 13.2 Å². The van der Waals surface area contributed by atoms with Gasteiger partial charge in [0.05, 0.1) is 11.2 Å². The van der Waals surface area contributed by atoms with E-state index in [4.69, 9.17) is 9.15 Å². The predicted molar refractivity (Wildman–Crippen MR) is 83.1 cm³/mol. The van der Waals surface area contributed by atoms with Crippen LogP contribution in [-0.2, 0) is 11.3 Å². The fourth-order valence-corrected chi connectivity index (χ4v) is 2.05. The third kappa shape index (κ3) is 4.93. The molecule has 0 unspecified atom stereocenters. The minimum atomic E-state index is -0.465. The summed E-state index contributed by atoms with van der Waals surface area (Å²) in [5.74, 6) is 0.504. The average molecular weight is 318 g/mol. The highest BCUT2D eigenvalue weighted by Gasteiger charge is 2.13. The molecule has 7 heteroatoms. The van der Waals surface area contributed by atoms with Gasteiger partial charge in [0.2, 0.25) is 0 Å². The van der Waals surface area contributed by atoms with Crippen LogP contribution in [0.5, 0.6) is 0 Å². The first-order chi connectivity index (χ1) is 11.1. The summed E-state index contributed by atoms with van der Waals surface area (Å²) < 4.78 is 10.5. The van der Waals surface area contributed by atoms with E-state index in [0.29, 0.717) is 37.3 Å². The van der Waals surface area contributed by atoms with Gasteiger partial charge in [0.15, 0.2) is 0 Å². The van der Waals surface area contributed by atoms with Gasteiger partial charge in [-0.25, -0.2) is 0 Å². The Hall–Kier alpha value is -2.67.